The standard InChI is InChI=1S/C24H42N6O/c1-17-25-18(2)27-20(26-17)24(7,8)30(19-12-10-9-11-13-19)15-14-29-16-22(3,4)28-23(5,6)21(29)31/h19,28H,9-16H2,1-8H3. The van der Waals surface area contributed by atoms with E-state index in [0.717, 1.165) is 37.1 Å². The first-order valence-electron chi connectivity index (χ1n) is 11.9. The Bertz CT molecular complexity index is 777. The van der Waals surface area contributed by atoms with E-state index in [1.54, 1.807) is 0 Å². The van der Waals surface area contributed by atoms with Gasteiger partial charge < -0.3 is 4.90 Å². The first-order valence-corrected chi connectivity index (χ1v) is 11.9. The number of nitrogens with one attached hydrogen (secondary N) is 1. The van der Waals surface area contributed by atoms with Gasteiger partial charge in [-0.25, -0.2) is 15.0 Å². The third kappa shape index (κ3) is 5.43. The van der Waals surface area contributed by atoms with Crippen LogP contribution < -0.4 is 5.32 Å². The summed E-state index contributed by atoms with van der Waals surface area (Å²) in [5.41, 5.74) is -0.983. The van der Waals surface area contributed by atoms with Gasteiger partial charge >= 0.3 is 0 Å². The molecule has 1 saturated carbocycles. The summed E-state index contributed by atoms with van der Waals surface area (Å²) in [5.74, 6) is 2.54. The number of piperazine rings is 1. The van der Waals surface area contributed by atoms with Crippen molar-refractivity contribution in [3.63, 3.8) is 0 Å². The fourth-order valence-corrected chi connectivity index (χ4v) is 5.62. The SMILES string of the molecule is Cc1nc(C)nc(C(C)(C)N(CCN2CC(C)(C)NC(C)(C)C2=O)C2CCCCC2)n1. The van der Waals surface area contributed by atoms with Crippen LogP contribution in [0.25, 0.3) is 0 Å². The summed E-state index contributed by atoms with van der Waals surface area (Å²) in [5, 5.41) is 3.50. The second-order valence-corrected chi connectivity index (χ2v) is 11.2. The molecule has 0 radical (unpaired) electrons. The van der Waals surface area contributed by atoms with Crippen molar-refractivity contribution in [2.24, 2.45) is 0 Å². The summed E-state index contributed by atoms with van der Waals surface area (Å²) < 4.78 is 0. The van der Waals surface area contributed by atoms with E-state index in [0.29, 0.717) is 6.04 Å². The van der Waals surface area contributed by atoms with Crippen LogP contribution in [0.15, 0.2) is 0 Å². The quantitative estimate of drug-likeness (QED) is 0.746. The highest BCUT2D eigenvalue weighted by Gasteiger charge is 2.44. The molecule has 1 amide bonds. The van der Waals surface area contributed by atoms with Crippen molar-refractivity contribution in [1.82, 2.24) is 30.1 Å². The predicted octanol–water partition coefficient (Wildman–Crippen LogP) is 3.35. The van der Waals surface area contributed by atoms with E-state index in [2.05, 4.69) is 42.9 Å². The van der Waals surface area contributed by atoms with Crippen molar-refractivity contribution < 1.29 is 4.79 Å². The summed E-state index contributed by atoms with van der Waals surface area (Å²) in [6.07, 6.45) is 6.23. The van der Waals surface area contributed by atoms with Crippen LogP contribution in [-0.4, -0.2) is 67.4 Å². The van der Waals surface area contributed by atoms with Crippen LogP contribution in [0.5, 0.6) is 0 Å². The number of carbonyl (C=O) groups is 1. The first kappa shape index (κ1) is 24.1. The molecule has 0 aromatic carbocycles. The number of hydrogen-bond donors (Lipinski definition) is 1. The number of nitrogens with zero attached hydrogens (tertiary/aromatic N) is 5. The van der Waals surface area contributed by atoms with Crippen LogP contribution in [-0.2, 0) is 10.3 Å². The average Bonchev–Trinajstić information content (AvgIpc) is 2.64. The zero-order valence-electron chi connectivity index (χ0n) is 20.9. The number of aromatic nitrogens is 3. The molecule has 1 aliphatic carbocycles. The topological polar surface area (TPSA) is 74.2 Å². The van der Waals surface area contributed by atoms with Gasteiger partial charge in [-0.15, -0.1) is 0 Å². The fourth-order valence-electron chi connectivity index (χ4n) is 5.62. The molecule has 0 bridgehead atoms. The number of hydrogen-bond acceptors (Lipinski definition) is 6. The second kappa shape index (κ2) is 8.74. The van der Waals surface area contributed by atoms with Crippen molar-refractivity contribution >= 4 is 5.91 Å². The average molecular weight is 431 g/mol. The van der Waals surface area contributed by atoms with Crippen molar-refractivity contribution in [1.29, 1.82) is 0 Å². The summed E-state index contributed by atoms with van der Waals surface area (Å²) >= 11 is 0. The van der Waals surface area contributed by atoms with Crippen LogP contribution in [0.1, 0.15) is 91.1 Å². The molecule has 2 heterocycles. The molecule has 31 heavy (non-hydrogen) atoms. The van der Waals surface area contributed by atoms with Gasteiger partial charge in [-0.1, -0.05) is 19.3 Å². The molecule has 2 aliphatic rings. The van der Waals surface area contributed by atoms with Gasteiger partial charge in [0.1, 0.15) is 11.6 Å². The van der Waals surface area contributed by atoms with Gasteiger partial charge in [0.15, 0.2) is 5.82 Å². The summed E-state index contributed by atoms with van der Waals surface area (Å²) in [6.45, 7) is 18.9. The summed E-state index contributed by atoms with van der Waals surface area (Å²) in [4.78, 5) is 31.6. The monoisotopic (exact) mass is 430 g/mol. The molecule has 7 nitrogen and oxygen atoms in total. The van der Waals surface area contributed by atoms with E-state index in [1.807, 2.05) is 32.6 Å². The lowest BCUT2D eigenvalue weighted by Crippen LogP contribution is -2.70. The lowest BCUT2D eigenvalue weighted by atomic mass is 9.88. The first-order chi connectivity index (χ1) is 14.3. The molecule has 1 aromatic heterocycles. The van der Waals surface area contributed by atoms with Crippen LogP contribution in [0, 0.1) is 13.8 Å². The minimum absolute atomic E-state index is 0.106. The molecule has 7 heteroatoms. The maximum absolute atomic E-state index is 13.1. The molecule has 174 valence electrons. The lowest BCUT2D eigenvalue weighted by Gasteiger charge is -2.49. The molecule has 1 saturated heterocycles. The molecular formula is C24H42N6O. The predicted molar refractivity (Wildman–Crippen MR) is 124 cm³/mol. The zero-order chi connectivity index (χ0) is 23.0. The molecule has 3 rings (SSSR count). The minimum atomic E-state index is -0.546. The molecular weight excluding hydrogens is 388 g/mol. The molecule has 0 unspecified atom stereocenters. The number of rotatable bonds is 6. The Labute approximate surface area is 188 Å². The Morgan fingerprint density at radius 1 is 1.03 bits per heavy atom. The largest absolute Gasteiger partial charge is 0.338 e. The van der Waals surface area contributed by atoms with E-state index < -0.39 is 5.54 Å². The maximum atomic E-state index is 13.1. The van der Waals surface area contributed by atoms with Crippen LogP contribution >= 0.6 is 0 Å². The molecule has 1 aromatic rings. The number of carbonyl (C=O) groups excluding carboxylic acids is 1. The third-order valence-electron chi connectivity index (χ3n) is 6.81. The van der Waals surface area contributed by atoms with Gasteiger partial charge in [0.05, 0.1) is 11.1 Å². The molecule has 0 spiro atoms. The van der Waals surface area contributed by atoms with Crippen LogP contribution in [0.2, 0.25) is 0 Å². The van der Waals surface area contributed by atoms with Gasteiger partial charge in [0.2, 0.25) is 5.91 Å². The molecule has 0 atom stereocenters. The van der Waals surface area contributed by atoms with Crippen molar-refractivity contribution in [2.45, 2.75) is 110 Å². The Kier molecular flexibility index (Phi) is 6.78. The van der Waals surface area contributed by atoms with Gasteiger partial charge in [-0.05, 0) is 68.2 Å². The van der Waals surface area contributed by atoms with E-state index in [1.165, 1.54) is 32.1 Å². The van der Waals surface area contributed by atoms with Crippen LogP contribution in [0.3, 0.4) is 0 Å². The minimum Gasteiger partial charge on any atom is -0.338 e. The molecule has 1 aliphatic heterocycles. The normalized spacial score (nSPS) is 22.2. The van der Waals surface area contributed by atoms with Gasteiger partial charge in [-0.3, -0.25) is 15.0 Å². The second-order valence-electron chi connectivity index (χ2n) is 11.2. The molecule has 1 N–H and O–H groups in total. The van der Waals surface area contributed by atoms with Crippen molar-refractivity contribution in [3.8, 4) is 0 Å². The van der Waals surface area contributed by atoms with Crippen molar-refractivity contribution in [2.75, 3.05) is 19.6 Å². The Morgan fingerprint density at radius 3 is 2.19 bits per heavy atom. The van der Waals surface area contributed by atoms with Gasteiger partial charge in [0.25, 0.3) is 0 Å². The number of aryl methyl sites for hydroxylation is 2. The third-order valence-corrected chi connectivity index (χ3v) is 6.81. The lowest BCUT2D eigenvalue weighted by molar-refractivity contribution is -0.144. The van der Waals surface area contributed by atoms with E-state index in [9.17, 15) is 4.79 Å². The van der Waals surface area contributed by atoms with Gasteiger partial charge in [0, 0.05) is 31.2 Å². The fraction of sp³-hybridized carbons (Fsp3) is 0.833. The maximum Gasteiger partial charge on any atom is 0.242 e. The highest BCUT2D eigenvalue weighted by Crippen LogP contribution is 2.33. The summed E-state index contributed by atoms with van der Waals surface area (Å²) in [7, 11) is 0. The van der Waals surface area contributed by atoms with Crippen LogP contribution in [0.4, 0.5) is 0 Å². The summed E-state index contributed by atoms with van der Waals surface area (Å²) in [6, 6.07) is 0.486. The molecule has 2 fully saturated rings. The number of amides is 1. The smallest absolute Gasteiger partial charge is 0.242 e. The van der Waals surface area contributed by atoms with Crippen molar-refractivity contribution in [3.05, 3.63) is 17.5 Å². The van der Waals surface area contributed by atoms with E-state index in [-0.39, 0.29) is 17.0 Å². The Morgan fingerprint density at radius 2 is 1.61 bits per heavy atom. The van der Waals surface area contributed by atoms with E-state index in [4.69, 9.17) is 9.97 Å². The highest BCUT2D eigenvalue weighted by atomic mass is 16.2. The zero-order valence-corrected chi connectivity index (χ0v) is 20.9. The Hall–Kier alpha value is -1.60. The Balaban J connectivity index is 1.86. The highest BCUT2D eigenvalue weighted by molar-refractivity contribution is 5.86. The van der Waals surface area contributed by atoms with Gasteiger partial charge in [-0.2, -0.15) is 0 Å². The van der Waals surface area contributed by atoms with E-state index >= 15 is 0 Å².